The molecule has 0 N–H and O–H groups in total. The van der Waals surface area contributed by atoms with Gasteiger partial charge >= 0.3 is 0 Å². The first kappa shape index (κ1) is 16.4. The SMILES string of the molecule is COc1c(C)c(C)c2c(c1C)CCC(C)(C1CCCCC1=O)O2. The third-order valence-electron chi connectivity index (χ3n) is 6.01. The molecule has 3 rings (SSSR count). The molecule has 1 heterocycles. The maximum Gasteiger partial charge on any atom is 0.139 e. The fourth-order valence-corrected chi connectivity index (χ4v) is 4.43. The minimum Gasteiger partial charge on any atom is -0.496 e. The van der Waals surface area contributed by atoms with Crippen molar-refractivity contribution in [2.75, 3.05) is 7.11 Å². The van der Waals surface area contributed by atoms with Gasteiger partial charge in [0.25, 0.3) is 0 Å². The van der Waals surface area contributed by atoms with E-state index >= 15 is 0 Å². The molecular formula is C20H28O3. The number of benzene rings is 1. The summed E-state index contributed by atoms with van der Waals surface area (Å²) in [6, 6.07) is 0. The predicted octanol–water partition coefficient (Wildman–Crippen LogP) is 4.46. The standard InChI is InChI=1S/C20H28O3/c1-12-13(2)19-15(14(3)18(12)22-5)10-11-20(4,23-19)16-8-6-7-9-17(16)21/h16H,6-11H2,1-5H3. The van der Waals surface area contributed by atoms with Gasteiger partial charge in [-0.05, 0) is 70.1 Å². The van der Waals surface area contributed by atoms with Crippen LogP contribution in [0.3, 0.4) is 0 Å². The van der Waals surface area contributed by atoms with Crippen molar-refractivity contribution in [3.63, 3.8) is 0 Å². The molecule has 2 unspecified atom stereocenters. The summed E-state index contributed by atoms with van der Waals surface area (Å²) in [4.78, 5) is 12.4. The molecule has 1 saturated carbocycles. The van der Waals surface area contributed by atoms with Crippen molar-refractivity contribution in [2.24, 2.45) is 5.92 Å². The Kier molecular flexibility index (Phi) is 4.16. The molecule has 3 heteroatoms. The van der Waals surface area contributed by atoms with Gasteiger partial charge in [0, 0.05) is 12.0 Å². The average Bonchev–Trinajstić information content (AvgIpc) is 2.53. The van der Waals surface area contributed by atoms with Crippen LogP contribution in [-0.2, 0) is 11.2 Å². The van der Waals surface area contributed by atoms with Crippen LogP contribution < -0.4 is 9.47 Å². The Morgan fingerprint density at radius 2 is 1.83 bits per heavy atom. The van der Waals surface area contributed by atoms with Crippen LogP contribution >= 0.6 is 0 Å². The van der Waals surface area contributed by atoms with Gasteiger partial charge in [0.2, 0.25) is 0 Å². The van der Waals surface area contributed by atoms with Crippen molar-refractivity contribution in [1.29, 1.82) is 0 Å². The number of fused-ring (bicyclic) bond motifs is 1. The highest BCUT2D eigenvalue weighted by Gasteiger charge is 2.44. The van der Waals surface area contributed by atoms with E-state index in [1.165, 1.54) is 11.1 Å². The van der Waals surface area contributed by atoms with Gasteiger partial charge in [-0.2, -0.15) is 0 Å². The summed E-state index contributed by atoms with van der Waals surface area (Å²) >= 11 is 0. The van der Waals surface area contributed by atoms with E-state index in [1.54, 1.807) is 7.11 Å². The van der Waals surface area contributed by atoms with Gasteiger partial charge in [-0.1, -0.05) is 6.42 Å². The second-order valence-electron chi connectivity index (χ2n) is 7.40. The van der Waals surface area contributed by atoms with E-state index in [0.29, 0.717) is 5.78 Å². The van der Waals surface area contributed by atoms with Gasteiger partial charge in [0.15, 0.2) is 0 Å². The number of carbonyl (C=O) groups excluding carboxylic acids is 1. The highest BCUT2D eigenvalue weighted by molar-refractivity contribution is 5.83. The summed E-state index contributed by atoms with van der Waals surface area (Å²) in [5.74, 6) is 2.41. The molecule has 1 aromatic rings. The molecule has 0 amide bonds. The van der Waals surface area contributed by atoms with Crippen molar-refractivity contribution in [3.8, 4) is 11.5 Å². The normalized spacial score (nSPS) is 27.3. The molecule has 0 saturated heterocycles. The Hall–Kier alpha value is -1.51. The fraction of sp³-hybridized carbons (Fsp3) is 0.650. The number of ether oxygens (including phenoxy) is 2. The summed E-state index contributed by atoms with van der Waals surface area (Å²) < 4.78 is 12.1. The molecular weight excluding hydrogens is 288 g/mol. The quantitative estimate of drug-likeness (QED) is 0.808. The van der Waals surface area contributed by atoms with E-state index in [0.717, 1.165) is 61.2 Å². The molecule has 0 aromatic heterocycles. The predicted molar refractivity (Wildman–Crippen MR) is 91.5 cm³/mol. The van der Waals surface area contributed by atoms with Crippen molar-refractivity contribution in [1.82, 2.24) is 0 Å². The van der Waals surface area contributed by atoms with E-state index < -0.39 is 0 Å². The van der Waals surface area contributed by atoms with E-state index in [2.05, 4.69) is 27.7 Å². The Morgan fingerprint density at radius 3 is 2.48 bits per heavy atom. The first-order valence-corrected chi connectivity index (χ1v) is 8.77. The van der Waals surface area contributed by atoms with E-state index in [9.17, 15) is 4.79 Å². The van der Waals surface area contributed by atoms with Gasteiger partial charge in [-0.3, -0.25) is 4.79 Å². The molecule has 2 aliphatic rings. The maximum atomic E-state index is 12.4. The summed E-state index contributed by atoms with van der Waals surface area (Å²) in [5.41, 5.74) is 4.37. The number of carbonyl (C=O) groups is 1. The Labute approximate surface area is 139 Å². The molecule has 3 nitrogen and oxygen atoms in total. The fourth-order valence-electron chi connectivity index (χ4n) is 4.43. The highest BCUT2D eigenvalue weighted by Crippen LogP contribution is 2.47. The number of hydrogen-bond donors (Lipinski definition) is 0. The molecule has 23 heavy (non-hydrogen) atoms. The number of methoxy groups -OCH3 is 1. The first-order valence-electron chi connectivity index (χ1n) is 8.77. The maximum absolute atomic E-state index is 12.4. The van der Waals surface area contributed by atoms with Gasteiger partial charge in [-0.15, -0.1) is 0 Å². The van der Waals surface area contributed by atoms with Crippen LogP contribution in [0.15, 0.2) is 0 Å². The van der Waals surface area contributed by atoms with Crippen molar-refractivity contribution >= 4 is 5.78 Å². The molecule has 0 bridgehead atoms. The Bertz CT molecular complexity index is 647. The largest absolute Gasteiger partial charge is 0.496 e. The molecule has 1 aliphatic heterocycles. The summed E-state index contributed by atoms with van der Waals surface area (Å²) in [5, 5.41) is 0. The Morgan fingerprint density at radius 1 is 1.09 bits per heavy atom. The zero-order valence-electron chi connectivity index (χ0n) is 15.0. The number of Topliss-reactive ketones (excluding diaryl/α,β-unsaturated/α-hetero) is 1. The summed E-state index contributed by atoms with van der Waals surface area (Å²) in [6.07, 6.45) is 5.73. The summed E-state index contributed by atoms with van der Waals surface area (Å²) in [6.45, 7) is 8.44. The highest BCUT2D eigenvalue weighted by atomic mass is 16.5. The zero-order valence-corrected chi connectivity index (χ0v) is 15.0. The first-order chi connectivity index (χ1) is 10.9. The lowest BCUT2D eigenvalue weighted by atomic mass is 9.72. The van der Waals surface area contributed by atoms with Crippen molar-refractivity contribution in [3.05, 3.63) is 22.3 Å². The van der Waals surface area contributed by atoms with Crippen LogP contribution in [0.25, 0.3) is 0 Å². The number of rotatable bonds is 2. The van der Waals surface area contributed by atoms with E-state index in [-0.39, 0.29) is 11.5 Å². The lowest BCUT2D eigenvalue weighted by Gasteiger charge is -2.43. The third-order valence-corrected chi connectivity index (χ3v) is 6.01. The van der Waals surface area contributed by atoms with Gasteiger partial charge in [0.1, 0.15) is 22.9 Å². The second-order valence-corrected chi connectivity index (χ2v) is 7.40. The molecule has 0 spiro atoms. The topological polar surface area (TPSA) is 35.5 Å². The van der Waals surface area contributed by atoms with Gasteiger partial charge in [0.05, 0.1) is 13.0 Å². The van der Waals surface area contributed by atoms with Gasteiger partial charge < -0.3 is 9.47 Å². The van der Waals surface area contributed by atoms with Crippen LogP contribution in [0.5, 0.6) is 11.5 Å². The number of hydrogen-bond acceptors (Lipinski definition) is 3. The summed E-state index contributed by atoms with van der Waals surface area (Å²) in [7, 11) is 1.73. The molecule has 126 valence electrons. The minimum absolute atomic E-state index is 0.0477. The van der Waals surface area contributed by atoms with Crippen LogP contribution in [0, 0.1) is 26.7 Å². The van der Waals surface area contributed by atoms with Crippen molar-refractivity contribution < 1.29 is 14.3 Å². The van der Waals surface area contributed by atoms with Crippen LogP contribution in [0.1, 0.15) is 61.3 Å². The zero-order chi connectivity index (χ0) is 16.8. The molecule has 1 fully saturated rings. The Balaban J connectivity index is 2.02. The molecule has 2 atom stereocenters. The third kappa shape index (κ3) is 2.54. The average molecular weight is 316 g/mol. The lowest BCUT2D eigenvalue weighted by Crippen LogP contribution is -2.48. The lowest BCUT2D eigenvalue weighted by molar-refractivity contribution is -0.133. The molecule has 1 aliphatic carbocycles. The minimum atomic E-state index is -0.358. The number of ketones is 1. The second kappa shape index (κ2) is 5.85. The molecule has 0 radical (unpaired) electrons. The van der Waals surface area contributed by atoms with Crippen LogP contribution in [0.2, 0.25) is 0 Å². The van der Waals surface area contributed by atoms with Crippen LogP contribution in [-0.4, -0.2) is 18.5 Å². The van der Waals surface area contributed by atoms with Crippen LogP contribution in [0.4, 0.5) is 0 Å². The van der Waals surface area contributed by atoms with E-state index in [4.69, 9.17) is 9.47 Å². The van der Waals surface area contributed by atoms with E-state index in [1.807, 2.05) is 0 Å². The molecule has 1 aromatic carbocycles. The smallest absolute Gasteiger partial charge is 0.139 e. The van der Waals surface area contributed by atoms with Gasteiger partial charge in [-0.25, -0.2) is 0 Å². The monoisotopic (exact) mass is 316 g/mol. The van der Waals surface area contributed by atoms with Crippen molar-refractivity contribution in [2.45, 2.75) is 71.8 Å².